The number of aliphatic hydroxyl groups excluding tert-OH is 1. The van der Waals surface area contributed by atoms with Gasteiger partial charge in [0.15, 0.2) is 29.2 Å². The number of nitrogens with one attached hydrogen (secondary N) is 4. The molecule has 4 aliphatic heterocycles. The van der Waals surface area contributed by atoms with Crippen molar-refractivity contribution in [2.75, 3.05) is 150 Å². The van der Waals surface area contributed by atoms with Crippen molar-refractivity contribution < 1.29 is 90.7 Å². The van der Waals surface area contributed by atoms with Crippen LogP contribution in [0.5, 0.6) is 23.0 Å². The lowest BCUT2D eigenvalue weighted by atomic mass is 10.0. The summed E-state index contributed by atoms with van der Waals surface area (Å²) in [6, 6.07) is 11.6. The number of amides is 5. The van der Waals surface area contributed by atoms with Gasteiger partial charge in [0.25, 0.3) is 0 Å². The highest BCUT2D eigenvalue weighted by Crippen LogP contribution is 2.47. The van der Waals surface area contributed by atoms with E-state index in [0.29, 0.717) is 176 Å². The van der Waals surface area contributed by atoms with Crippen molar-refractivity contribution >= 4 is 64.4 Å². The average molecular weight is 1540 g/mol. The first kappa shape index (κ1) is 86.9. The SMILES string of the molecule is C=C1c2cc(OC)c(OCCCCCOc3cc4c(cc3OC)C(=C)N3C=C(C)C[C@H]3[C@H](O)N4C(=O)OCc3ccc(NC(=O)[C@H](C)NC(=O)[C@@H](NC(=O)CCOCCOCCOCCOCCOCCOCCOCCOCCNC(=O)CC4=C/C=C\C=C/C=C\C=C/C=C\4)C(C)C)cc3)cc2N=C[C@@H]2CC(C)=CN12. The summed E-state index contributed by atoms with van der Waals surface area (Å²) in [5, 5.41) is 23.3. The Morgan fingerprint density at radius 2 is 1.09 bits per heavy atom. The molecule has 0 saturated heterocycles. The molecule has 3 aromatic carbocycles. The van der Waals surface area contributed by atoms with Crippen LogP contribution in [0.15, 0.2) is 163 Å². The van der Waals surface area contributed by atoms with E-state index in [9.17, 15) is 29.1 Å². The van der Waals surface area contributed by atoms with E-state index in [1.165, 1.54) is 17.6 Å². The number of hydrogen-bond acceptors (Lipinski definition) is 22. The number of nitrogens with zero attached hydrogens (tertiary/aromatic N) is 4. The highest BCUT2D eigenvalue weighted by Gasteiger charge is 2.43. The van der Waals surface area contributed by atoms with Gasteiger partial charge in [0.2, 0.25) is 23.6 Å². The van der Waals surface area contributed by atoms with Gasteiger partial charge in [0.1, 0.15) is 18.7 Å². The Bertz CT molecular complexity index is 3840. The maximum absolute atomic E-state index is 14.4. The predicted molar refractivity (Wildman–Crippen MR) is 426 cm³/mol. The zero-order chi connectivity index (χ0) is 79.1. The predicted octanol–water partition coefficient (Wildman–Crippen LogP) is 10.8. The summed E-state index contributed by atoms with van der Waals surface area (Å²) in [6.07, 6.45) is 28.8. The molecule has 0 saturated carbocycles. The van der Waals surface area contributed by atoms with Crippen LogP contribution < -0.4 is 45.1 Å². The summed E-state index contributed by atoms with van der Waals surface area (Å²) in [5.74, 6) is 0.196. The van der Waals surface area contributed by atoms with E-state index < -0.39 is 42.3 Å². The molecular weight excluding hydrogens is 1420 g/mol. The fraction of sp³-hybridized carbons (Fsp3) is 0.476. The van der Waals surface area contributed by atoms with Gasteiger partial charge in [-0.3, -0.25) is 24.2 Å². The normalized spacial score (nSPS) is 18.8. The third-order valence-electron chi connectivity index (χ3n) is 18.2. The molecule has 0 radical (unpaired) electrons. The third-order valence-corrected chi connectivity index (χ3v) is 18.2. The van der Waals surface area contributed by atoms with Crippen LogP contribution in [0.1, 0.15) is 96.3 Å². The number of aliphatic imine (C=N–C) groups is 1. The van der Waals surface area contributed by atoms with Crippen LogP contribution in [0.25, 0.3) is 11.4 Å². The van der Waals surface area contributed by atoms with E-state index in [1.54, 1.807) is 64.3 Å². The Kier molecular flexibility index (Phi) is 37.2. The maximum Gasteiger partial charge on any atom is 0.416 e. The maximum atomic E-state index is 14.4. The Balaban J connectivity index is 0.639. The smallest absolute Gasteiger partial charge is 0.416 e. The van der Waals surface area contributed by atoms with Gasteiger partial charge < -0.3 is 97.8 Å². The van der Waals surface area contributed by atoms with E-state index >= 15 is 0 Å². The molecule has 0 unspecified atom stereocenters. The minimum atomic E-state index is -1.35. The number of carbonyl (C=O) groups excluding carboxylic acids is 5. The molecule has 27 heteroatoms. The van der Waals surface area contributed by atoms with Crippen molar-refractivity contribution in [1.29, 1.82) is 0 Å². The van der Waals surface area contributed by atoms with Crippen LogP contribution in [0.4, 0.5) is 21.9 Å². The quantitative estimate of drug-likeness (QED) is 0.0328. The minimum Gasteiger partial charge on any atom is -0.493 e. The molecule has 0 spiro atoms. The third kappa shape index (κ3) is 28.5. The van der Waals surface area contributed by atoms with Crippen molar-refractivity contribution in [3.63, 3.8) is 0 Å². The van der Waals surface area contributed by atoms with Gasteiger partial charge in [-0.25, -0.2) is 9.69 Å². The lowest BCUT2D eigenvalue weighted by Crippen LogP contribution is -2.53. The fourth-order valence-corrected chi connectivity index (χ4v) is 12.3. The number of unbranched alkanes of at least 4 members (excludes halogenated alkanes) is 2. The van der Waals surface area contributed by atoms with Crippen molar-refractivity contribution in [2.24, 2.45) is 10.9 Å². The van der Waals surface area contributed by atoms with E-state index in [-0.39, 0.29) is 56.4 Å². The number of carbonyl (C=O) groups is 5. The van der Waals surface area contributed by atoms with E-state index in [1.807, 2.05) is 103 Å². The summed E-state index contributed by atoms with van der Waals surface area (Å²) in [6.45, 7) is 24.9. The number of methoxy groups -OCH3 is 2. The highest BCUT2D eigenvalue weighted by atomic mass is 16.6. The van der Waals surface area contributed by atoms with Gasteiger partial charge in [0.05, 0.1) is 163 Å². The molecule has 602 valence electrons. The molecule has 1 aliphatic carbocycles. The molecule has 4 heterocycles. The van der Waals surface area contributed by atoms with Crippen LogP contribution in [-0.2, 0) is 68.4 Å². The molecule has 27 nitrogen and oxygen atoms in total. The second-order valence-corrected chi connectivity index (χ2v) is 27.1. The number of ether oxygens (including phenoxy) is 13. The summed E-state index contributed by atoms with van der Waals surface area (Å²) in [4.78, 5) is 76.6. The number of rotatable bonds is 47. The number of aliphatic hydroxyl groups is 1. The first-order chi connectivity index (χ1) is 53.9. The second kappa shape index (κ2) is 47.5. The molecular formula is C84H112N8O19. The summed E-state index contributed by atoms with van der Waals surface area (Å²) >= 11 is 0. The summed E-state index contributed by atoms with van der Waals surface area (Å²) in [7, 11) is 3.16. The van der Waals surface area contributed by atoms with Crippen molar-refractivity contribution in [2.45, 2.75) is 117 Å². The van der Waals surface area contributed by atoms with Gasteiger partial charge in [-0.05, 0) is 94.2 Å². The Hall–Kier alpha value is -9.68. The molecule has 5 amide bonds. The molecule has 8 rings (SSSR count). The highest BCUT2D eigenvalue weighted by molar-refractivity contribution is 5.98. The van der Waals surface area contributed by atoms with E-state index in [4.69, 9.17) is 66.6 Å². The summed E-state index contributed by atoms with van der Waals surface area (Å²) < 4.78 is 74.6. The van der Waals surface area contributed by atoms with Gasteiger partial charge in [-0.15, -0.1) is 0 Å². The van der Waals surface area contributed by atoms with Crippen molar-refractivity contribution in [1.82, 2.24) is 25.8 Å². The Morgan fingerprint density at radius 3 is 1.68 bits per heavy atom. The molecule has 111 heavy (non-hydrogen) atoms. The first-order valence-corrected chi connectivity index (χ1v) is 38.0. The number of benzene rings is 3. The molecule has 0 bridgehead atoms. The van der Waals surface area contributed by atoms with E-state index in [2.05, 4.69) is 52.4 Å². The molecule has 5 aliphatic rings. The average Bonchev–Trinajstić information content (AvgIpc) is 1.62. The largest absolute Gasteiger partial charge is 0.493 e. The fourth-order valence-electron chi connectivity index (χ4n) is 12.3. The van der Waals surface area contributed by atoms with Gasteiger partial charge in [0, 0.05) is 71.9 Å². The minimum absolute atomic E-state index is 0.00465. The molecule has 5 atom stereocenters. The van der Waals surface area contributed by atoms with Gasteiger partial charge >= 0.3 is 6.09 Å². The molecule has 0 aromatic heterocycles. The second-order valence-electron chi connectivity index (χ2n) is 27.1. The van der Waals surface area contributed by atoms with Gasteiger partial charge in [-0.1, -0.05) is 117 Å². The van der Waals surface area contributed by atoms with Crippen LogP contribution in [-0.4, -0.2) is 221 Å². The Labute approximate surface area is 652 Å². The zero-order valence-electron chi connectivity index (χ0n) is 65.3. The molecule has 0 fully saturated rings. The van der Waals surface area contributed by atoms with Crippen LogP contribution >= 0.6 is 0 Å². The number of allylic oxidation sites excluding steroid dienone is 11. The zero-order valence-corrected chi connectivity index (χ0v) is 65.3. The topological polar surface area (TPSA) is 296 Å². The monoisotopic (exact) mass is 1540 g/mol. The number of hydrogen-bond donors (Lipinski definition) is 5. The first-order valence-electron chi connectivity index (χ1n) is 38.0. The summed E-state index contributed by atoms with van der Waals surface area (Å²) in [5.41, 5.74) is 8.14. The van der Waals surface area contributed by atoms with E-state index in [0.717, 1.165) is 47.4 Å². The molecule has 3 aromatic rings. The van der Waals surface area contributed by atoms with Crippen molar-refractivity contribution in [3.8, 4) is 23.0 Å². The number of anilines is 2. The molecule has 5 N–H and O–H groups in total. The van der Waals surface area contributed by atoms with Crippen molar-refractivity contribution in [3.05, 3.63) is 174 Å². The van der Waals surface area contributed by atoms with Crippen LogP contribution in [0.3, 0.4) is 0 Å². The number of fused-ring (bicyclic) bond motifs is 4. The lowest BCUT2D eigenvalue weighted by Gasteiger charge is -2.32. The van der Waals surface area contributed by atoms with Crippen LogP contribution in [0, 0.1) is 5.92 Å². The Morgan fingerprint density at radius 1 is 0.568 bits per heavy atom. The lowest BCUT2D eigenvalue weighted by molar-refractivity contribution is -0.132. The standard InChI is InChI=1S/C84H112N8O19/c1-59(2)80(89-78(93)28-32-101-34-36-103-38-40-105-42-44-107-46-47-108-45-43-106-41-39-104-37-35-102-33-29-85-79(94)50-65-22-18-15-13-11-10-12-14-16-19-23-65)82(96)87-62(5)81(95)88-67-26-24-66(25-27-67)58-111-84(98)92-72-54-77(75(100-9)52-70(72)64(7)91-57-61(4)49-73(91)83(92)97)110-31-21-17-20-30-109-76-53-71-69(51-74(76)99-8)63(6)90-56-60(3)48-68(90)55-86-71/h10-16,18-19,22-27,51-57,59,62,68,73,80,83,97H,6-7,17,20-21,28-50,58H2,1-5,8-9H3,(H,85,94)(H,87,96)(H,88,95)(H,89,93)/b11-10-,12-10?,13-11?,14-12-,15-13-,16-14?,18-15?,19-16-,22-18-,23-19?,65-22?,65-23+/t62-,68-,73-,80-,83-/m0/s1. The van der Waals surface area contributed by atoms with Gasteiger partial charge in [-0.2, -0.15) is 0 Å². The van der Waals surface area contributed by atoms with Crippen LogP contribution in [0.2, 0.25) is 0 Å².